The van der Waals surface area contributed by atoms with Crippen LogP contribution in [0.4, 0.5) is 11.4 Å². The Hall–Kier alpha value is -4.31. The maximum absolute atomic E-state index is 12.2. The number of hydrogen-bond acceptors (Lipinski definition) is 8. The number of furan rings is 1. The fraction of sp³-hybridized carbons (Fsp3) is 0. The molecule has 10 nitrogen and oxygen atoms in total. The summed E-state index contributed by atoms with van der Waals surface area (Å²) in [6, 6.07) is 12.8. The number of halogens is 1. The first-order valence-electron chi connectivity index (χ1n) is 8.63. The van der Waals surface area contributed by atoms with Gasteiger partial charge in [-0.05, 0) is 30.3 Å². The van der Waals surface area contributed by atoms with Crippen molar-refractivity contribution in [3.63, 3.8) is 0 Å². The number of hydrogen-bond donors (Lipinski definition) is 0. The fourth-order valence-electron chi connectivity index (χ4n) is 2.78. The average Bonchev–Trinajstić information content (AvgIpc) is 3.35. The molecule has 4 rings (SSSR count). The molecule has 0 spiro atoms. The molecule has 0 unspecified atom stereocenters. The highest BCUT2D eigenvalue weighted by Gasteiger charge is 2.27. The topological polar surface area (TPSA) is 138 Å². The summed E-state index contributed by atoms with van der Waals surface area (Å²) in [5.74, 6) is -0.0770. The molecule has 0 atom stereocenters. The summed E-state index contributed by atoms with van der Waals surface area (Å²) >= 11 is 6.05. The van der Waals surface area contributed by atoms with Crippen molar-refractivity contribution in [2.24, 2.45) is 4.99 Å². The van der Waals surface area contributed by atoms with Crippen LogP contribution in [0.1, 0.15) is 11.3 Å². The van der Waals surface area contributed by atoms with E-state index < -0.39 is 15.8 Å². The molecule has 0 fully saturated rings. The molecule has 0 aliphatic carbocycles. The molecular formula is C20H10ClN3O7. The van der Waals surface area contributed by atoms with Crippen LogP contribution in [-0.2, 0) is 9.53 Å². The minimum Gasteiger partial charge on any atom is -0.457 e. The van der Waals surface area contributed by atoms with Gasteiger partial charge in [-0.2, -0.15) is 0 Å². The zero-order valence-corrected chi connectivity index (χ0v) is 16.1. The summed E-state index contributed by atoms with van der Waals surface area (Å²) < 4.78 is 10.8. The fourth-order valence-corrected chi connectivity index (χ4v) is 3.04. The lowest BCUT2D eigenvalue weighted by Crippen LogP contribution is -2.06. The van der Waals surface area contributed by atoms with Crippen molar-refractivity contribution in [3.05, 3.63) is 96.9 Å². The number of ether oxygens (including phenoxy) is 1. The van der Waals surface area contributed by atoms with Gasteiger partial charge in [-0.25, -0.2) is 9.79 Å². The minimum absolute atomic E-state index is 0.0143. The van der Waals surface area contributed by atoms with Crippen LogP contribution in [0.2, 0.25) is 5.02 Å². The van der Waals surface area contributed by atoms with Crippen molar-refractivity contribution in [1.29, 1.82) is 0 Å². The molecule has 2 heterocycles. The number of carbonyl (C=O) groups is 1. The summed E-state index contributed by atoms with van der Waals surface area (Å²) in [6.07, 6.45) is 1.36. The van der Waals surface area contributed by atoms with Crippen LogP contribution >= 0.6 is 11.6 Å². The molecule has 1 aromatic heterocycles. The second-order valence-corrected chi connectivity index (χ2v) is 6.67. The van der Waals surface area contributed by atoms with Gasteiger partial charge in [-0.1, -0.05) is 11.6 Å². The number of aliphatic imine (C=N–C) groups is 1. The highest BCUT2D eigenvalue weighted by molar-refractivity contribution is 6.34. The number of rotatable bonds is 5. The molecule has 0 radical (unpaired) electrons. The zero-order chi connectivity index (χ0) is 22.1. The van der Waals surface area contributed by atoms with Gasteiger partial charge in [0.25, 0.3) is 11.4 Å². The van der Waals surface area contributed by atoms with Crippen LogP contribution in [0.25, 0.3) is 17.4 Å². The molecule has 31 heavy (non-hydrogen) atoms. The molecule has 0 saturated heterocycles. The third kappa shape index (κ3) is 4.05. The van der Waals surface area contributed by atoms with Crippen LogP contribution in [0.5, 0.6) is 0 Å². The molecule has 11 heteroatoms. The van der Waals surface area contributed by atoms with Gasteiger partial charge in [-0.15, -0.1) is 0 Å². The average molecular weight is 440 g/mol. The van der Waals surface area contributed by atoms with E-state index >= 15 is 0 Å². The van der Waals surface area contributed by atoms with Crippen LogP contribution < -0.4 is 0 Å². The van der Waals surface area contributed by atoms with Crippen molar-refractivity contribution in [1.82, 2.24) is 0 Å². The molecule has 0 amide bonds. The SMILES string of the molecule is O=C1OC(c2ccc([N+](=O)[O-])cc2Cl)=N/C1=C\c1ccc(-c2ccc([N+](=O)[O-])cc2)o1. The monoisotopic (exact) mass is 439 g/mol. The van der Waals surface area contributed by atoms with E-state index in [-0.39, 0.29) is 33.6 Å². The van der Waals surface area contributed by atoms with Gasteiger partial charge in [-0.3, -0.25) is 20.2 Å². The lowest BCUT2D eigenvalue weighted by Gasteiger charge is -2.02. The molecule has 154 valence electrons. The van der Waals surface area contributed by atoms with Gasteiger partial charge in [0.2, 0.25) is 5.90 Å². The molecule has 0 N–H and O–H groups in total. The summed E-state index contributed by atoms with van der Waals surface area (Å²) in [6.45, 7) is 0. The number of non-ortho nitro benzene ring substituents is 2. The van der Waals surface area contributed by atoms with E-state index in [1.54, 1.807) is 24.3 Å². The Kier molecular flexibility index (Phi) is 5.05. The second-order valence-electron chi connectivity index (χ2n) is 6.26. The first-order valence-corrected chi connectivity index (χ1v) is 9.01. The van der Waals surface area contributed by atoms with Gasteiger partial charge >= 0.3 is 5.97 Å². The predicted molar refractivity (Wildman–Crippen MR) is 110 cm³/mol. The largest absolute Gasteiger partial charge is 0.457 e. The summed E-state index contributed by atoms with van der Waals surface area (Å²) in [4.78, 5) is 36.8. The smallest absolute Gasteiger partial charge is 0.363 e. The Morgan fingerprint density at radius 2 is 1.61 bits per heavy atom. The van der Waals surface area contributed by atoms with Crippen molar-refractivity contribution < 1.29 is 23.8 Å². The van der Waals surface area contributed by atoms with Crippen LogP contribution in [0.15, 0.2) is 69.7 Å². The van der Waals surface area contributed by atoms with E-state index in [2.05, 4.69) is 4.99 Å². The van der Waals surface area contributed by atoms with Gasteiger partial charge in [0.05, 0.1) is 20.4 Å². The molecule has 3 aromatic rings. The summed E-state index contributed by atoms with van der Waals surface area (Å²) in [5, 5.41) is 21.6. The van der Waals surface area contributed by atoms with Gasteiger partial charge in [0, 0.05) is 35.9 Å². The third-order valence-corrected chi connectivity index (χ3v) is 4.60. The Morgan fingerprint density at radius 1 is 0.935 bits per heavy atom. The maximum atomic E-state index is 12.2. The lowest BCUT2D eigenvalue weighted by atomic mass is 10.1. The highest BCUT2D eigenvalue weighted by atomic mass is 35.5. The maximum Gasteiger partial charge on any atom is 0.363 e. The van der Waals surface area contributed by atoms with Gasteiger partial charge in [0.1, 0.15) is 11.5 Å². The Balaban J connectivity index is 1.59. The zero-order valence-electron chi connectivity index (χ0n) is 15.4. The summed E-state index contributed by atoms with van der Waals surface area (Å²) in [5.41, 5.74) is 0.553. The molecule has 0 bridgehead atoms. The number of benzene rings is 2. The predicted octanol–water partition coefficient (Wildman–Crippen LogP) is 4.76. The number of nitro benzene ring substituents is 2. The van der Waals surface area contributed by atoms with Crippen molar-refractivity contribution >= 4 is 40.9 Å². The Labute approximate surface area is 178 Å². The molecule has 2 aromatic carbocycles. The molecular weight excluding hydrogens is 430 g/mol. The second kappa shape index (κ2) is 7.84. The normalized spacial score (nSPS) is 14.4. The molecule has 1 aliphatic heterocycles. The molecule has 1 aliphatic rings. The standard InChI is InChI=1S/C20H10ClN3O7/c21-16-9-13(24(28)29)5-7-15(16)19-22-17(20(25)31-19)10-14-6-8-18(30-14)11-1-3-12(4-2-11)23(26)27/h1-10H/b17-10-. The minimum atomic E-state index is -0.738. The van der Waals surface area contributed by atoms with E-state index in [1.165, 1.54) is 30.3 Å². The van der Waals surface area contributed by atoms with Gasteiger partial charge < -0.3 is 9.15 Å². The van der Waals surface area contributed by atoms with E-state index in [0.29, 0.717) is 17.1 Å². The van der Waals surface area contributed by atoms with Crippen molar-refractivity contribution in [2.45, 2.75) is 0 Å². The van der Waals surface area contributed by atoms with Crippen LogP contribution in [0.3, 0.4) is 0 Å². The number of nitrogens with zero attached hydrogens (tertiary/aromatic N) is 3. The van der Waals surface area contributed by atoms with E-state index in [9.17, 15) is 25.0 Å². The molecule has 0 saturated carbocycles. The first-order chi connectivity index (χ1) is 14.8. The summed E-state index contributed by atoms with van der Waals surface area (Å²) in [7, 11) is 0. The van der Waals surface area contributed by atoms with E-state index in [0.717, 1.165) is 6.07 Å². The van der Waals surface area contributed by atoms with E-state index in [4.69, 9.17) is 20.8 Å². The lowest BCUT2D eigenvalue weighted by molar-refractivity contribution is -0.385. The Bertz CT molecular complexity index is 1290. The van der Waals surface area contributed by atoms with Crippen LogP contribution in [0, 0.1) is 20.2 Å². The van der Waals surface area contributed by atoms with E-state index in [1.807, 2.05) is 0 Å². The Morgan fingerprint density at radius 3 is 2.26 bits per heavy atom. The number of cyclic esters (lactones) is 1. The van der Waals surface area contributed by atoms with Crippen molar-refractivity contribution in [2.75, 3.05) is 0 Å². The quantitative estimate of drug-likeness (QED) is 0.241. The van der Waals surface area contributed by atoms with Crippen LogP contribution in [-0.4, -0.2) is 21.7 Å². The highest BCUT2D eigenvalue weighted by Crippen LogP contribution is 2.29. The number of nitro groups is 2. The third-order valence-electron chi connectivity index (χ3n) is 4.28. The number of carbonyl (C=O) groups excluding carboxylic acids is 1. The van der Waals surface area contributed by atoms with Gasteiger partial charge in [0.15, 0.2) is 5.70 Å². The first kappa shape index (κ1) is 20.0. The van der Waals surface area contributed by atoms with Crippen molar-refractivity contribution in [3.8, 4) is 11.3 Å². The number of esters is 1.